The second-order valence-corrected chi connectivity index (χ2v) is 4.27. The summed E-state index contributed by atoms with van der Waals surface area (Å²) in [6.45, 7) is 0.268. The number of nitrogens with zero attached hydrogens (tertiary/aromatic N) is 1. The molecule has 0 saturated carbocycles. The van der Waals surface area contributed by atoms with Gasteiger partial charge in [0.1, 0.15) is 5.82 Å². The summed E-state index contributed by atoms with van der Waals surface area (Å²) < 4.78 is 13.0. The predicted octanol–water partition coefficient (Wildman–Crippen LogP) is 3.04. The summed E-state index contributed by atoms with van der Waals surface area (Å²) in [5.41, 5.74) is 0.826. The van der Waals surface area contributed by atoms with Crippen molar-refractivity contribution in [1.29, 1.82) is 0 Å². The van der Waals surface area contributed by atoms with Gasteiger partial charge in [0.25, 0.3) is 5.69 Å². The van der Waals surface area contributed by atoms with Crippen molar-refractivity contribution >= 4 is 17.3 Å². The molecule has 0 spiro atoms. The van der Waals surface area contributed by atoms with Crippen LogP contribution in [0, 0.1) is 15.9 Å². The van der Waals surface area contributed by atoms with Crippen LogP contribution in [0.3, 0.4) is 0 Å². The fraction of sp³-hybridized carbons (Fsp3) is 0.0714. The zero-order chi connectivity index (χ0) is 15.4. The van der Waals surface area contributed by atoms with Crippen LogP contribution in [0.5, 0.6) is 0 Å². The molecule has 0 aliphatic rings. The van der Waals surface area contributed by atoms with E-state index in [-0.39, 0.29) is 23.5 Å². The van der Waals surface area contributed by atoms with Crippen LogP contribution in [0.15, 0.2) is 42.5 Å². The van der Waals surface area contributed by atoms with Gasteiger partial charge >= 0.3 is 5.97 Å². The number of anilines is 1. The molecule has 0 fully saturated rings. The van der Waals surface area contributed by atoms with Crippen LogP contribution < -0.4 is 5.32 Å². The van der Waals surface area contributed by atoms with E-state index in [1.165, 1.54) is 18.2 Å². The van der Waals surface area contributed by atoms with Crippen LogP contribution in [0.1, 0.15) is 15.9 Å². The molecular weight excluding hydrogens is 279 g/mol. The van der Waals surface area contributed by atoms with E-state index in [9.17, 15) is 19.3 Å². The van der Waals surface area contributed by atoms with Gasteiger partial charge in [-0.1, -0.05) is 12.1 Å². The Kier molecular flexibility index (Phi) is 4.13. The summed E-state index contributed by atoms with van der Waals surface area (Å²) in [6.07, 6.45) is 0. The van der Waals surface area contributed by atoms with E-state index in [0.29, 0.717) is 0 Å². The Balaban J connectivity index is 2.13. The Labute approximate surface area is 119 Å². The lowest BCUT2D eigenvalue weighted by molar-refractivity contribution is -0.384. The minimum absolute atomic E-state index is 0.0215. The monoisotopic (exact) mass is 290 g/mol. The third-order valence-corrected chi connectivity index (χ3v) is 2.84. The van der Waals surface area contributed by atoms with Crippen LogP contribution in [-0.4, -0.2) is 16.0 Å². The number of hydrogen-bond donors (Lipinski definition) is 2. The van der Waals surface area contributed by atoms with Gasteiger partial charge in [0, 0.05) is 24.4 Å². The molecule has 0 aromatic heterocycles. The summed E-state index contributed by atoms with van der Waals surface area (Å²) in [4.78, 5) is 21.1. The van der Waals surface area contributed by atoms with Gasteiger partial charge in [-0.25, -0.2) is 9.18 Å². The van der Waals surface area contributed by atoms with Gasteiger partial charge in [0.15, 0.2) is 0 Å². The standard InChI is InChI=1S/C14H11FN2O4/c15-10-3-6-13(12(7-10)14(18)19)16-8-9-1-4-11(5-2-9)17(20)21/h1-7,16H,8H2,(H,18,19). The Morgan fingerprint density at radius 3 is 2.48 bits per heavy atom. The first kappa shape index (κ1) is 14.4. The Bertz CT molecular complexity index is 686. The van der Waals surface area contributed by atoms with Crippen molar-refractivity contribution in [2.24, 2.45) is 0 Å². The van der Waals surface area contributed by atoms with Crippen molar-refractivity contribution in [1.82, 2.24) is 0 Å². The van der Waals surface area contributed by atoms with Gasteiger partial charge in [0.2, 0.25) is 0 Å². The van der Waals surface area contributed by atoms with Crippen molar-refractivity contribution in [2.75, 3.05) is 5.32 Å². The smallest absolute Gasteiger partial charge is 0.337 e. The molecule has 0 unspecified atom stereocenters. The summed E-state index contributed by atoms with van der Waals surface area (Å²) in [7, 11) is 0. The summed E-state index contributed by atoms with van der Waals surface area (Å²) in [5, 5.41) is 22.4. The highest BCUT2D eigenvalue weighted by Gasteiger charge is 2.11. The molecule has 108 valence electrons. The number of carboxylic acid groups (broad SMARTS) is 1. The van der Waals surface area contributed by atoms with Crippen LogP contribution >= 0.6 is 0 Å². The SMILES string of the molecule is O=C(O)c1cc(F)ccc1NCc1ccc([N+](=O)[O-])cc1. The van der Waals surface area contributed by atoms with Crippen molar-refractivity contribution in [2.45, 2.75) is 6.54 Å². The first-order valence-electron chi connectivity index (χ1n) is 5.97. The van der Waals surface area contributed by atoms with E-state index >= 15 is 0 Å². The molecule has 0 atom stereocenters. The Hall–Kier alpha value is -2.96. The number of rotatable bonds is 5. The van der Waals surface area contributed by atoms with Gasteiger partial charge < -0.3 is 10.4 Å². The van der Waals surface area contributed by atoms with E-state index in [1.54, 1.807) is 12.1 Å². The quantitative estimate of drug-likeness (QED) is 0.652. The number of carboxylic acids is 1. The first-order chi connectivity index (χ1) is 9.97. The second-order valence-electron chi connectivity index (χ2n) is 4.27. The fourth-order valence-corrected chi connectivity index (χ4v) is 1.78. The zero-order valence-electron chi connectivity index (χ0n) is 10.7. The number of aromatic carboxylic acids is 1. The molecule has 2 N–H and O–H groups in total. The Morgan fingerprint density at radius 1 is 1.24 bits per heavy atom. The molecule has 7 heteroatoms. The second kappa shape index (κ2) is 6.00. The topological polar surface area (TPSA) is 92.5 Å². The maximum absolute atomic E-state index is 13.0. The highest BCUT2D eigenvalue weighted by atomic mass is 19.1. The molecule has 21 heavy (non-hydrogen) atoms. The first-order valence-corrected chi connectivity index (χ1v) is 5.97. The average molecular weight is 290 g/mol. The van der Waals surface area contributed by atoms with Crippen LogP contribution in [0.2, 0.25) is 0 Å². The molecule has 0 aliphatic heterocycles. The normalized spacial score (nSPS) is 10.1. The lowest BCUT2D eigenvalue weighted by atomic mass is 10.1. The third kappa shape index (κ3) is 3.53. The number of carbonyl (C=O) groups is 1. The van der Waals surface area contributed by atoms with Gasteiger partial charge in [-0.2, -0.15) is 0 Å². The number of non-ortho nitro benzene ring substituents is 1. The van der Waals surface area contributed by atoms with Gasteiger partial charge in [0.05, 0.1) is 10.5 Å². The molecule has 0 bridgehead atoms. The van der Waals surface area contributed by atoms with E-state index in [0.717, 1.165) is 17.7 Å². The molecular formula is C14H11FN2O4. The number of halogens is 1. The molecule has 6 nitrogen and oxygen atoms in total. The molecule has 0 amide bonds. The number of nitro groups is 1. The zero-order valence-corrected chi connectivity index (χ0v) is 10.7. The van der Waals surface area contributed by atoms with Crippen LogP contribution in [0.25, 0.3) is 0 Å². The number of nitrogens with one attached hydrogen (secondary N) is 1. The van der Waals surface area contributed by atoms with E-state index < -0.39 is 16.7 Å². The van der Waals surface area contributed by atoms with Crippen LogP contribution in [-0.2, 0) is 6.54 Å². The summed E-state index contributed by atoms with van der Waals surface area (Å²) in [5.74, 6) is -1.87. The fourth-order valence-electron chi connectivity index (χ4n) is 1.78. The van der Waals surface area contributed by atoms with Crippen molar-refractivity contribution < 1.29 is 19.2 Å². The maximum Gasteiger partial charge on any atom is 0.337 e. The third-order valence-electron chi connectivity index (χ3n) is 2.84. The molecule has 0 radical (unpaired) electrons. The molecule has 0 aliphatic carbocycles. The van der Waals surface area contributed by atoms with Gasteiger partial charge in [-0.15, -0.1) is 0 Å². The number of hydrogen-bond acceptors (Lipinski definition) is 4. The highest BCUT2D eigenvalue weighted by Crippen LogP contribution is 2.19. The van der Waals surface area contributed by atoms with Crippen molar-refractivity contribution in [3.63, 3.8) is 0 Å². The number of benzene rings is 2. The van der Waals surface area contributed by atoms with E-state index in [2.05, 4.69) is 5.32 Å². The summed E-state index contributed by atoms with van der Waals surface area (Å²) in [6, 6.07) is 9.28. The minimum atomic E-state index is -1.24. The number of nitro benzene ring substituents is 1. The lowest BCUT2D eigenvalue weighted by Crippen LogP contribution is -2.07. The molecule has 2 aromatic rings. The Morgan fingerprint density at radius 2 is 1.90 bits per heavy atom. The highest BCUT2D eigenvalue weighted by molar-refractivity contribution is 5.94. The maximum atomic E-state index is 13.0. The molecule has 2 rings (SSSR count). The average Bonchev–Trinajstić information content (AvgIpc) is 2.46. The molecule has 2 aromatic carbocycles. The van der Waals surface area contributed by atoms with E-state index in [1.807, 2.05) is 0 Å². The molecule has 0 heterocycles. The van der Waals surface area contributed by atoms with Crippen molar-refractivity contribution in [3.05, 3.63) is 69.5 Å². The van der Waals surface area contributed by atoms with E-state index in [4.69, 9.17) is 5.11 Å². The van der Waals surface area contributed by atoms with Crippen molar-refractivity contribution in [3.8, 4) is 0 Å². The van der Waals surface area contributed by atoms with Crippen LogP contribution in [0.4, 0.5) is 15.8 Å². The largest absolute Gasteiger partial charge is 0.478 e. The predicted molar refractivity (Wildman–Crippen MR) is 73.8 cm³/mol. The summed E-state index contributed by atoms with van der Waals surface area (Å²) >= 11 is 0. The molecule has 0 saturated heterocycles. The lowest BCUT2D eigenvalue weighted by Gasteiger charge is -2.09. The minimum Gasteiger partial charge on any atom is -0.478 e. The van der Waals surface area contributed by atoms with Gasteiger partial charge in [-0.3, -0.25) is 10.1 Å². The van der Waals surface area contributed by atoms with Gasteiger partial charge in [-0.05, 0) is 23.8 Å².